The van der Waals surface area contributed by atoms with Crippen LogP contribution in [0.25, 0.3) is 33.6 Å². The van der Waals surface area contributed by atoms with Gasteiger partial charge in [0.25, 0.3) is 0 Å². The summed E-state index contributed by atoms with van der Waals surface area (Å²) in [6.45, 7) is 8.39. The van der Waals surface area contributed by atoms with Gasteiger partial charge in [-0.05, 0) is 139 Å². The van der Waals surface area contributed by atoms with E-state index in [4.69, 9.17) is 5.10 Å². The van der Waals surface area contributed by atoms with Gasteiger partial charge in [0.1, 0.15) is 5.60 Å². The largest absolute Gasteiger partial charge is 0.383 e. The number of nitrogens with zero attached hydrogens (tertiary/aromatic N) is 3. The highest BCUT2D eigenvalue weighted by Crippen LogP contribution is 2.71. The van der Waals surface area contributed by atoms with Crippen molar-refractivity contribution >= 4 is 11.4 Å². The maximum Gasteiger partial charge on any atom is 0.213 e. The minimum atomic E-state index is -0.818. The predicted molar refractivity (Wildman–Crippen MR) is 258 cm³/mol. The van der Waals surface area contributed by atoms with Crippen LogP contribution >= 0.6 is 0 Å². The predicted octanol–water partition coefficient (Wildman–Crippen LogP) is 13.9. The minimum Gasteiger partial charge on any atom is -0.383 e. The Labute approximate surface area is 375 Å². The summed E-state index contributed by atoms with van der Waals surface area (Å²) in [5, 5.41) is 20.9. The van der Waals surface area contributed by atoms with E-state index in [1.165, 1.54) is 72.8 Å². The van der Waals surface area contributed by atoms with Crippen LogP contribution < -0.4 is 9.58 Å². The second-order valence-electron chi connectivity index (χ2n) is 20.9. The van der Waals surface area contributed by atoms with E-state index in [1.807, 2.05) is 0 Å². The van der Waals surface area contributed by atoms with Gasteiger partial charge < -0.3 is 5.11 Å². The fourth-order valence-electron chi connectivity index (χ4n) is 14.2. The summed E-state index contributed by atoms with van der Waals surface area (Å²) in [7, 11) is 0. The molecule has 0 saturated heterocycles. The molecule has 320 valence electrons. The van der Waals surface area contributed by atoms with E-state index in [0.717, 1.165) is 60.0 Å². The van der Waals surface area contributed by atoms with Crippen LogP contribution in [0.3, 0.4) is 0 Å². The molecule has 11 rings (SSSR count). The van der Waals surface area contributed by atoms with Crippen molar-refractivity contribution in [2.45, 2.75) is 110 Å². The smallest absolute Gasteiger partial charge is 0.213 e. The van der Waals surface area contributed by atoms with E-state index in [-0.39, 0.29) is 11.5 Å². The van der Waals surface area contributed by atoms with Gasteiger partial charge in [0.15, 0.2) is 6.54 Å². The molecule has 5 aromatic carbocycles. The molecule has 1 aromatic heterocycles. The highest BCUT2D eigenvalue weighted by molar-refractivity contribution is 6.03. The zero-order valence-electron chi connectivity index (χ0n) is 37.6. The van der Waals surface area contributed by atoms with Gasteiger partial charge in [-0.25, -0.2) is 0 Å². The van der Waals surface area contributed by atoms with E-state index in [1.54, 1.807) is 0 Å². The molecular formula is C59H64N3O+. The lowest BCUT2D eigenvalue weighted by molar-refractivity contribution is -0.692. The molecule has 6 unspecified atom stereocenters. The topological polar surface area (TPSA) is 39.7 Å². The molecule has 5 aliphatic rings. The number of hydrazone groups is 1. The molecule has 0 spiro atoms. The maximum absolute atomic E-state index is 13.5. The summed E-state index contributed by atoms with van der Waals surface area (Å²) in [5.74, 6) is 2.06. The number of aliphatic hydroxyl groups is 1. The normalized spacial score (nSPS) is 31.2. The fraction of sp³-hybridized carbons (Fsp3) is 0.390. The lowest BCUT2D eigenvalue weighted by Crippen LogP contribution is -2.61. The van der Waals surface area contributed by atoms with E-state index in [2.05, 4.69) is 188 Å². The second kappa shape index (κ2) is 15.7. The van der Waals surface area contributed by atoms with Crippen molar-refractivity contribution in [3.63, 3.8) is 0 Å². The van der Waals surface area contributed by atoms with Crippen molar-refractivity contribution in [3.8, 4) is 33.6 Å². The third-order valence-corrected chi connectivity index (χ3v) is 18.1. The SMILES string of the molecule is CC12CCCC[C@]1(C)CCC1C2CCC2(C)C1CC[C@@]2(O)C[n+]1c(-c2ccccc2)cc(-c2ccc(N3N=C(c4ccccc4)CC3c3ccccc3)cc2)cc1-c1ccccc1. The molecule has 8 atom stereocenters. The number of benzene rings is 5. The van der Waals surface area contributed by atoms with Gasteiger partial charge in [0.2, 0.25) is 11.4 Å². The fourth-order valence-corrected chi connectivity index (χ4v) is 14.2. The van der Waals surface area contributed by atoms with E-state index in [0.29, 0.717) is 29.2 Å². The van der Waals surface area contributed by atoms with Gasteiger partial charge in [-0.15, -0.1) is 0 Å². The van der Waals surface area contributed by atoms with Crippen molar-refractivity contribution in [2.75, 3.05) is 5.01 Å². The first-order chi connectivity index (χ1) is 30.7. The van der Waals surface area contributed by atoms with E-state index >= 15 is 0 Å². The first-order valence-corrected chi connectivity index (χ1v) is 24.2. The van der Waals surface area contributed by atoms with Gasteiger partial charge in [-0.1, -0.05) is 143 Å². The molecule has 63 heavy (non-hydrogen) atoms. The van der Waals surface area contributed by atoms with E-state index in [9.17, 15) is 5.11 Å². The van der Waals surface area contributed by atoms with Crippen molar-refractivity contribution in [1.29, 1.82) is 0 Å². The Balaban J connectivity index is 0.973. The Hall–Kier alpha value is -5.32. The molecule has 4 aliphatic carbocycles. The van der Waals surface area contributed by atoms with Gasteiger partial charge in [0.05, 0.1) is 17.4 Å². The summed E-state index contributed by atoms with van der Waals surface area (Å²) < 4.78 is 2.50. The van der Waals surface area contributed by atoms with Crippen molar-refractivity contribution in [1.82, 2.24) is 0 Å². The molecule has 4 nitrogen and oxygen atoms in total. The number of pyridine rings is 1. The van der Waals surface area contributed by atoms with Crippen molar-refractivity contribution < 1.29 is 9.67 Å². The Kier molecular flexibility index (Phi) is 10.1. The zero-order valence-corrected chi connectivity index (χ0v) is 37.6. The molecule has 1 N–H and O–H groups in total. The molecule has 0 radical (unpaired) electrons. The van der Waals surface area contributed by atoms with Crippen LogP contribution in [0.5, 0.6) is 0 Å². The van der Waals surface area contributed by atoms with Crippen LogP contribution in [-0.4, -0.2) is 16.4 Å². The summed E-state index contributed by atoms with van der Waals surface area (Å²) in [6, 6.07) is 57.1. The molecule has 6 aromatic rings. The maximum atomic E-state index is 13.5. The second-order valence-corrected chi connectivity index (χ2v) is 20.9. The van der Waals surface area contributed by atoms with Crippen LogP contribution in [0.15, 0.2) is 163 Å². The molecule has 4 fully saturated rings. The molecule has 0 bridgehead atoms. The highest BCUT2D eigenvalue weighted by Gasteiger charge is 2.67. The quantitative estimate of drug-likeness (QED) is 0.155. The summed E-state index contributed by atoms with van der Waals surface area (Å²) >= 11 is 0. The molecular weight excluding hydrogens is 767 g/mol. The van der Waals surface area contributed by atoms with Gasteiger partial charge in [0, 0.05) is 35.1 Å². The standard InChI is InChI=1S/C59H64N3O/c1-56-33-16-17-34-57(56,2)50-31-36-58(3)51(49(50)30-35-56)32-37-59(58,63)41-61-53(44-20-10-5-11-21-44)38-47(39-54(61)45-22-12-6-13-23-45)42-26-28-48(29-27-42)62-55(46-24-14-7-15-25-46)40-52(60-62)43-18-8-4-9-19-43/h4-15,18-29,38-39,49-51,55,63H,16-17,30-37,40-41H2,1-3H3/q+1/t49?,50?,51?,55?,56-,57?,58?,59-/m1/s1. The monoisotopic (exact) mass is 831 g/mol. The molecule has 1 aliphatic heterocycles. The molecule has 2 heterocycles. The average Bonchev–Trinajstić information content (AvgIpc) is 3.89. The Bertz CT molecular complexity index is 2550. The first-order valence-electron chi connectivity index (χ1n) is 24.2. The van der Waals surface area contributed by atoms with Gasteiger partial charge in [-0.3, -0.25) is 5.01 Å². The van der Waals surface area contributed by atoms with Crippen molar-refractivity contribution in [3.05, 3.63) is 169 Å². The van der Waals surface area contributed by atoms with Crippen LogP contribution in [-0.2, 0) is 6.54 Å². The van der Waals surface area contributed by atoms with Gasteiger partial charge in [-0.2, -0.15) is 9.67 Å². The molecule has 4 heteroatoms. The lowest BCUT2D eigenvalue weighted by Gasteiger charge is -2.65. The Morgan fingerprint density at radius 2 is 1.11 bits per heavy atom. The van der Waals surface area contributed by atoms with Crippen molar-refractivity contribution in [2.24, 2.45) is 39.1 Å². The third-order valence-electron chi connectivity index (χ3n) is 18.1. The first kappa shape index (κ1) is 40.5. The third kappa shape index (κ3) is 6.73. The average molecular weight is 831 g/mol. The Morgan fingerprint density at radius 3 is 1.75 bits per heavy atom. The van der Waals surface area contributed by atoms with Crippen LogP contribution in [0, 0.1) is 34.0 Å². The molecule has 0 amide bonds. The highest BCUT2D eigenvalue weighted by atomic mass is 16.3. The van der Waals surface area contributed by atoms with Gasteiger partial charge >= 0.3 is 0 Å². The Morgan fingerprint density at radius 1 is 0.556 bits per heavy atom. The number of anilines is 1. The molecule has 4 saturated carbocycles. The summed E-state index contributed by atoms with van der Waals surface area (Å²) in [6.07, 6.45) is 13.5. The number of aromatic nitrogens is 1. The van der Waals surface area contributed by atoms with Crippen LogP contribution in [0.4, 0.5) is 5.69 Å². The number of fused-ring (bicyclic) bond motifs is 5. The minimum absolute atomic E-state index is 0.115. The van der Waals surface area contributed by atoms with Crippen LogP contribution in [0.2, 0.25) is 0 Å². The number of rotatable bonds is 8. The van der Waals surface area contributed by atoms with Crippen LogP contribution in [0.1, 0.15) is 109 Å². The summed E-state index contributed by atoms with van der Waals surface area (Å²) in [4.78, 5) is 0. The van der Waals surface area contributed by atoms with E-state index < -0.39 is 5.60 Å². The number of hydrogen-bond acceptors (Lipinski definition) is 3. The lowest BCUT2D eigenvalue weighted by atomic mass is 9.40. The summed E-state index contributed by atoms with van der Waals surface area (Å²) in [5.41, 5.74) is 11.5. The zero-order chi connectivity index (χ0) is 42.8. The number of hydrogen-bond donors (Lipinski definition) is 1.